The van der Waals surface area contributed by atoms with Gasteiger partial charge >= 0.3 is 190 Å². The zero-order valence-electron chi connectivity index (χ0n) is 19.2. The van der Waals surface area contributed by atoms with Gasteiger partial charge in [-0.3, -0.25) is 0 Å². The van der Waals surface area contributed by atoms with Gasteiger partial charge in [-0.15, -0.1) is 0 Å². The summed E-state index contributed by atoms with van der Waals surface area (Å²) in [5.41, 5.74) is 8.95. The Bertz CT molecular complexity index is 917. The Balaban J connectivity index is 0.00000225. The second-order valence-corrected chi connectivity index (χ2v) is 20.3. The van der Waals surface area contributed by atoms with Crippen LogP contribution in [-0.2, 0) is 29.1 Å². The summed E-state index contributed by atoms with van der Waals surface area (Å²) in [7, 11) is -3.00. The van der Waals surface area contributed by atoms with E-state index in [2.05, 4.69) is 83.0 Å². The second-order valence-electron chi connectivity index (χ2n) is 9.76. The van der Waals surface area contributed by atoms with Gasteiger partial charge in [0.25, 0.3) is 0 Å². The van der Waals surface area contributed by atoms with E-state index in [-0.39, 0.29) is 24.8 Å². The Morgan fingerprint density at radius 2 is 1.60 bits per heavy atom. The van der Waals surface area contributed by atoms with Crippen molar-refractivity contribution < 1.29 is 54.0 Å². The van der Waals surface area contributed by atoms with Gasteiger partial charge in [0.1, 0.15) is 0 Å². The number of hydrogen-bond acceptors (Lipinski definition) is 1. The molecule has 0 radical (unpaired) electrons. The fraction of sp³-hybridized carbons (Fsp3) is 0.417. The predicted molar refractivity (Wildman–Crippen MR) is 124 cm³/mol. The maximum atomic E-state index is 6.23. The summed E-state index contributed by atoms with van der Waals surface area (Å²) in [5.74, 6) is 0. The summed E-state index contributed by atoms with van der Waals surface area (Å²) in [4.78, 5) is 0. The molecule has 0 fully saturated rings. The summed E-state index contributed by atoms with van der Waals surface area (Å²) >= 11 is 1.52. The summed E-state index contributed by atoms with van der Waals surface area (Å²) < 4.78 is 7.77. The number of allylic oxidation sites excluding steroid dienone is 7. The van der Waals surface area contributed by atoms with Gasteiger partial charge in [0.2, 0.25) is 0 Å². The summed E-state index contributed by atoms with van der Waals surface area (Å²) in [6, 6.07) is 10.2. The van der Waals surface area contributed by atoms with Crippen LogP contribution in [0.25, 0.3) is 8.85 Å². The van der Waals surface area contributed by atoms with E-state index in [1.54, 1.807) is 19.6 Å². The van der Waals surface area contributed by atoms with Crippen LogP contribution in [0.3, 0.4) is 0 Å². The van der Waals surface area contributed by atoms with Crippen LogP contribution in [0.1, 0.15) is 31.4 Å². The van der Waals surface area contributed by atoms with Crippen molar-refractivity contribution in [3.05, 3.63) is 69.5 Å². The Kier molecular flexibility index (Phi) is 10.1. The van der Waals surface area contributed by atoms with E-state index in [4.69, 9.17) is 4.43 Å². The van der Waals surface area contributed by atoms with E-state index >= 15 is 0 Å². The van der Waals surface area contributed by atoms with Crippen LogP contribution >= 0.6 is 0 Å². The minimum Gasteiger partial charge on any atom is -1.00 e. The van der Waals surface area contributed by atoms with Crippen molar-refractivity contribution in [3.63, 3.8) is 0 Å². The van der Waals surface area contributed by atoms with E-state index in [9.17, 15) is 0 Å². The van der Waals surface area contributed by atoms with Crippen LogP contribution in [-0.4, -0.2) is 23.0 Å². The number of hydrogen-bond donors (Lipinski definition) is 0. The van der Waals surface area contributed by atoms with Gasteiger partial charge in [0.05, 0.1) is 0 Å². The third kappa shape index (κ3) is 5.88. The Morgan fingerprint density at radius 3 is 2.17 bits per heavy atom. The van der Waals surface area contributed by atoms with Crippen LogP contribution in [0, 0.1) is 0 Å². The molecule has 3 rings (SSSR count). The van der Waals surface area contributed by atoms with Gasteiger partial charge < -0.3 is 24.8 Å². The largest absolute Gasteiger partial charge is 1.00 e. The standard InChI is InChI=1S/C24H33OSi2.2ClH.Zr/c1-18(2)24-20-12-9-8-11-19(20)17-22(24)21-13-10-14-23(21)27(6,7)16-15-25-26(3,4)5;;;/h8-12,14H,13,15-16H2,1-7H3;2*1H;/q;;;+2/p-2. The normalized spacial score (nSPS) is 16.0. The molecule has 0 aliphatic heterocycles. The molecule has 1 nitrogen and oxygen atoms in total. The van der Waals surface area contributed by atoms with Gasteiger partial charge in [-0.25, -0.2) is 0 Å². The zero-order valence-corrected chi connectivity index (χ0v) is 25.2. The van der Waals surface area contributed by atoms with Crippen molar-refractivity contribution in [2.75, 3.05) is 6.61 Å². The van der Waals surface area contributed by atoms with Gasteiger partial charge in [0.15, 0.2) is 0 Å². The fourth-order valence-corrected chi connectivity index (χ4v) is 8.88. The van der Waals surface area contributed by atoms with Crippen LogP contribution < -0.4 is 24.8 Å². The van der Waals surface area contributed by atoms with E-state index < -0.39 is 16.4 Å². The molecule has 0 saturated heterocycles. The number of halogens is 2. The van der Waals surface area contributed by atoms with E-state index in [1.165, 1.54) is 53.0 Å². The molecule has 2 aliphatic carbocycles. The van der Waals surface area contributed by atoms with E-state index in [0.29, 0.717) is 0 Å². The summed E-state index contributed by atoms with van der Waals surface area (Å²) in [6.07, 6.45) is 5.91. The topological polar surface area (TPSA) is 9.23 Å². The third-order valence-corrected chi connectivity index (χ3v) is 11.4. The molecule has 0 atom stereocenters. The molecule has 0 N–H and O–H groups in total. The quantitative estimate of drug-likeness (QED) is 0.478. The van der Waals surface area contributed by atoms with Gasteiger partial charge in [0, 0.05) is 0 Å². The average Bonchev–Trinajstić information content (AvgIpc) is 3.17. The van der Waals surface area contributed by atoms with Crippen LogP contribution in [0.15, 0.2) is 58.3 Å². The first kappa shape index (κ1) is 28.1. The van der Waals surface area contributed by atoms with Crippen LogP contribution in [0.2, 0.25) is 38.8 Å². The first-order chi connectivity index (χ1) is 13.0. The third-order valence-electron chi connectivity index (χ3n) is 5.69. The van der Waals surface area contributed by atoms with Gasteiger partial charge in [-0.05, 0) is 0 Å². The molecule has 0 saturated carbocycles. The van der Waals surface area contributed by atoms with Crippen molar-refractivity contribution in [2.45, 2.75) is 59.0 Å². The fourth-order valence-electron chi connectivity index (χ4n) is 4.26. The average molecular weight is 556 g/mol. The Hall–Kier alpha value is 0.0369. The smallest absolute Gasteiger partial charge is 1.00 e. The van der Waals surface area contributed by atoms with Gasteiger partial charge in [-0.1, -0.05) is 0 Å². The minimum atomic E-state index is -1.55. The molecule has 0 spiro atoms. The van der Waals surface area contributed by atoms with Gasteiger partial charge in [-0.2, -0.15) is 0 Å². The van der Waals surface area contributed by atoms with Crippen LogP contribution in [0.4, 0.5) is 0 Å². The second kappa shape index (κ2) is 10.8. The maximum Gasteiger partial charge on any atom is -1.00 e. The molecule has 161 valence electrons. The van der Waals surface area contributed by atoms with Crippen LogP contribution in [0.5, 0.6) is 0 Å². The molecule has 0 bridgehead atoms. The first-order valence-electron chi connectivity index (χ1n) is 10.3. The predicted octanol–water partition coefficient (Wildman–Crippen LogP) is 1.12. The molecular weight excluding hydrogens is 523 g/mol. The first-order valence-corrected chi connectivity index (χ1v) is 18.2. The zero-order chi connectivity index (χ0) is 20.7. The minimum absolute atomic E-state index is 0. The molecule has 1 aromatic rings. The van der Waals surface area contributed by atoms with Crippen molar-refractivity contribution in [1.82, 2.24) is 0 Å². The van der Waals surface area contributed by atoms with E-state index in [1.807, 2.05) is 0 Å². The van der Waals surface area contributed by atoms with Crippen molar-refractivity contribution >= 4 is 25.2 Å². The molecular formula is C24H33Cl2OSi2Zr. The number of rotatable bonds is 6. The summed E-state index contributed by atoms with van der Waals surface area (Å²) in [6.45, 7) is 17.4. The number of benzene rings is 1. The Morgan fingerprint density at radius 1 is 1.00 bits per heavy atom. The molecule has 0 amide bonds. The molecule has 0 heterocycles. The molecule has 0 aromatic heterocycles. The SMILES string of the molecule is CC(C)=C1C(C2=C([Si](C)(C)CCO[Si](C)(C)C)C=CC2)=[C]([Zr+2])c2ccccc21.[Cl-].[Cl-]. The van der Waals surface area contributed by atoms with Crippen molar-refractivity contribution in [1.29, 1.82) is 0 Å². The number of fused-ring (bicyclic) bond motifs is 1. The molecule has 0 unspecified atom stereocenters. The maximum absolute atomic E-state index is 6.23. The van der Waals surface area contributed by atoms with E-state index in [0.717, 1.165) is 13.0 Å². The van der Waals surface area contributed by atoms with Crippen molar-refractivity contribution in [3.8, 4) is 0 Å². The molecule has 6 heteroatoms. The van der Waals surface area contributed by atoms with Crippen molar-refractivity contribution in [2.24, 2.45) is 0 Å². The molecule has 30 heavy (non-hydrogen) atoms. The molecule has 2 aliphatic rings. The monoisotopic (exact) mass is 553 g/mol. The molecule has 1 aromatic carbocycles. The summed E-state index contributed by atoms with van der Waals surface area (Å²) in [5, 5.41) is 1.65. The Labute approximate surface area is 213 Å².